The Labute approximate surface area is 86.7 Å². The predicted molar refractivity (Wildman–Crippen MR) is 51.4 cm³/mol. The van der Waals surface area contributed by atoms with Crippen molar-refractivity contribution in [3.63, 3.8) is 0 Å². The fourth-order valence-electron chi connectivity index (χ4n) is 3.37. The highest BCUT2D eigenvalue weighted by molar-refractivity contribution is 5.39. The number of halogens is 2. The highest BCUT2D eigenvalue weighted by Gasteiger charge is 2.68. The molecule has 3 saturated carbocycles. The Morgan fingerprint density at radius 3 is 2.40 bits per heavy atom. The highest BCUT2D eigenvalue weighted by Crippen LogP contribution is 2.73. The van der Waals surface area contributed by atoms with E-state index in [0.717, 1.165) is 25.3 Å². The van der Waals surface area contributed by atoms with E-state index in [4.69, 9.17) is 5.11 Å². The van der Waals surface area contributed by atoms with Crippen LogP contribution in [0, 0.1) is 17.0 Å². The molecule has 1 N–H and O–H groups in total. The van der Waals surface area contributed by atoms with Crippen molar-refractivity contribution in [2.75, 3.05) is 6.61 Å². The van der Waals surface area contributed by atoms with Gasteiger partial charge in [-0.15, -0.1) is 0 Å². The van der Waals surface area contributed by atoms with Crippen molar-refractivity contribution >= 4 is 0 Å². The average molecular weight is 210 g/mol. The average Bonchev–Trinajstić information content (AvgIpc) is 2.04. The molecule has 0 spiro atoms. The third kappa shape index (κ3) is 1.04. The molecule has 3 aliphatic rings. The summed E-state index contributed by atoms with van der Waals surface area (Å²) in [4.78, 5) is 0. The molecule has 0 amide bonds. The van der Waals surface area contributed by atoms with E-state index in [1.807, 2.05) is 0 Å². The topological polar surface area (TPSA) is 20.2 Å². The highest BCUT2D eigenvalue weighted by atomic mass is 19.1. The molecule has 2 bridgehead atoms. The van der Waals surface area contributed by atoms with E-state index in [0.29, 0.717) is 5.56 Å². The number of aliphatic hydroxyl groups is 1. The molecule has 4 rings (SSSR count). The van der Waals surface area contributed by atoms with Gasteiger partial charge in [0.1, 0.15) is 11.6 Å². The van der Waals surface area contributed by atoms with Gasteiger partial charge in [-0.25, -0.2) is 8.78 Å². The molecule has 3 heteroatoms. The van der Waals surface area contributed by atoms with Crippen LogP contribution >= 0.6 is 0 Å². The minimum absolute atomic E-state index is 0.0564. The normalized spacial score (nSPS) is 37.0. The second-order valence-electron chi connectivity index (χ2n) is 5.09. The van der Waals surface area contributed by atoms with Crippen molar-refractivity contribution in [1.82, 2.24) is 0 Å². The molecule has 0 aromatic heterocycles. The maximum Gasteiger partial charge on any atom is 0.129 e. The zero-order chi connectivity index (χ0) is 10.7. The van der Waals surface area contributed by atoms with Crippen LogP contribution < -0.4 is 0 Å². The Morgan fingerprint density at radius 1 is 1.20 bits per heavy atom. The SMILES string of the molecule is OCC12CC(c3ccc(F)cc3F)(C1)C2. The van der Waals surface area contributed by atoms with Crippen molar-refractivity contribution in [2.24, 2.45) is 5.41 Å². The molecule has 0 aliphatic heterocycles. The van der Waals surface area contributed by atoms with Crippen LogP contribution in [0.5, 0.6) is 0 Å². The van der Waals surface area contributed by atoms with E-state index in [1.165, 1.54) is 6.07 Å². The lowest BCUT2D eigenvalue weighted by Crippen LogP contribution is -2.66. The number of aliphatic hydroxyl groups excluding tert-OH is 1. The van der Waals surface area contributed by atoms with Crippen LogP contribution in [0.2, 0.25) is 0 Å². The Bertz CT molecular complexity index is 408. The number of hydrogen-bond acceptors (Lipinski definition) is 1. The molecule has 0 saturated heterocycles. The Morgan fingerprint density at radius 2 is 1.87 bits per heavy atom. The van der Waals surface area contributed by atoms with Gasteiger partial charge in [0.25, 0.3) is 0 Å². The second-order valence-corrected chi connectivity index (χ2v) is 5.09. The monoisotopic (exact) mass is 210 g/mol. The summed E-state index contributed by atoms with van der Waals surface area (Å²) in [5.41, 5.74) is 0.584. The van der Waals surface area contributed by atoms with E-state index in [2.05, 4.69) is 0 Å². The summed E-state index contributed by atoms with van der Waals surface area (Å²) in [6, 6.07) is 3.80. The van der Waals surface area contributed by atoms with Gasteiger partial charge in [-0.2, -0.15) is 0 Å². The van der Waals surface area contributed by atoms with Crippen molar-refractivity contribution in [1.29, 1.82) is 0 Å². The van der Waals surface area contributed by atoms with Gasteiger partial charge in [-0.05, 0) is 36.3 Å². The quantitative estimate of drug-likeness (QED) is 0.794. The second kappa shape index (κ2) is 2.59. The molecule has 1 aromatic carbocycles. The number of rotatable bonds is 2. The van der Waals surface area contributed by atoms with Crippen molar-refractivity contribution in [3.05, 3.63) is 35.4 Å². The standard InChI is InChI=1S/C12H12F2O/c13-8-1-2-9(10(14)3-8)12-4-11(5-12,6-12)7-15/h1-3,15H,4-7H2. The van der Waals surface area contributed by atoms with Gasteiger partial charge >= 0.3 is 0 Å². The first kappa shape index (κ1) is 9.28. The summed E-state index contributed by atoms with van der Waals surface area (Å²) in [5, 5.41) is 9.10. The van der Waals surface area contributed by atoms with Crippen molar-refractivity contribution < 1.29 is 13.9 Å². The van der Waals surface area contributed by atoms with Crippen molar-refractivity contribution in [3.8, 4) is 0 Å². The maximum absolute atomic E-state index is 13.5. The van der Waals surface area contributed by atoms with Crippen LogP contribution in [0.4, 0.5) is 8.78 Å². The maximum atomic E-state index is 13.5. The van der Waals surface area contributed by atoms with Crippen LogP contribution in [0.15, 0.2) is 18.2 Å². The summed E-state index contributed by atoms with van der Waals surface area (Å²) in [6.45, 7) is 0.192. The summed E-state index contributed by atoms with van der Waals surface area (Å²) >= 11 is 0. The molecule has 3 aliphatic carbocycles. The minimum Gasteiger partial charge on any atom is -0.396 e. The molecule has 15 heavy (non-hydrogen) atoms. The lowest BCUT2D eigenvalue weighted by atomic mass is 9.34. The molecule has 0 radical (unpaired) electrons. The number of benzene rings is 1. The van der Waals surface area contributed by atoms with Crippen LogP contribution in [-0.2, 0) is 5.41 Å². The fraction of sp³-hybridized carbons (Fsp3) is 0.500. The Hall–Kier alpha value is -0.960. The summed E-state index contributed by atoms with van der Waals surface area (Å²) in [5.74, 6) is -0.971. The van der Waals surface area contributed by atoms with E-state index in [-0.39, 0.29) is 17.4 Å². The van der Waals surface area contributed by atoms with Gasteiger partial charge in [0, 0.05) is 18.1 Å². The largest absolute Gasteiger partial charge is 0.396 e. The fourth-order valence-corrected chi connectivity index (χ4v) is 3.37. The number of hydrogen-bond donors (Lipinski definition) is 1. The Kier molecular flexibility index (Phi) is 1.60. The molecule has 80 valence electrons. The van der Waals surface area contributed by atoms with Gasteiger partial charge in [0.2, 0.25) is 0 Å². The van der Waals surface area contributed by atoms with Crippen LogP contribution in [0.3, 0.4) is 0 Å². The smallest absolute Gasteiger partial charge is 0.129 e. The van der Waals surface area contributed by atoms with E-state index < -0.39 is 11.6 Å². The van der Waals surface area contributed by atoms with Gasteiger partial charge in [-0.1, -0.05) is 6.07 Å². The summed E-state index contributed by atoms with van der Waals surface area (Å²) in [6.07, 6.45) is 2.54. The van der Waals surface area contributed by atoms with Gasteiger partial charge < -0.3 is 5.11 Å². The molecule has 3 fully saturated rings. The molecule has 0 heterocycles. The molecule has 0 unspecified atom stereocenters. The molecule has 1 nitrogen and oxygen atoms in total. The lowest BCUT2D eigenvalue weighted by Gasteiger charge is -2.70. The zero-order valence-electron chi connectivity index (χ0n) is 8.26. The van der Waals surface area contributed by atoms with E-state index in [1.54, 1.807) is 6.07 Å². The third-order valence-corrected chi connectivity index (χ3v) is 3.98. The third-order valence-electron chi connectivity index (χ3n) is 3.98. The van der Waals surface area contributed by atoms with Crippen molar-refractivity contribution in [2.45, 2.75) is 24.7 Å². The first-order chi connectivity index (χ1) is 7.09. The first-order valence-electron chi connectivity index (χ1n) is 5.16. The van der Waals surface area contributed by atoms with Crippen LogP contribution in [0.25, 0.3) is 0 Å². The summed E-state index contributed by atoms with van der Waals surface area (Å²) < 4.78 is 26.2. The lowest BCUT2D eigenvalue weighted by molar-refractivity contribution is -0.169. The van der Waals surface area contributed by atoms with Gasteiger partial charge in [-0.3, -0.25) is 0 Å². The molecular weight excluding hydrogens is 198 g/mol. The van der Waals surface area contributed by atoms with E-state index >= 15 is 0 Å². The summed E-state index contributed by atoms with van der Waals surface area (Å²) in [7, 11) is 0. The van der Waals surface area contributed by atoms with Gasteiger partial charge in [0.15, 0.2) is 0 Å². The Balaban J connectivity index is 1.91. The van der Waals surface area contributed by atoms with E-state index in [9.17, 15) is 8.78 Å². The van der Waals surface area contributed by atoms with Gasteiger partial charge in [0.05, 0.1) is 0 Å². The molecule has 0 atom stereocenters. The zero-order valence-corrected chi connectivity index (χ0v) is 8.26. The minimum atomic E-state index is -0.528. The predicted octanol–water partition coefficient (Wildman–Crippen LogP) is 2.38. The molecular formula is C12H12F2O. The van der Waals surface area contributed by atoms with Crippen LogP contribution in [0.1, 0.15) is 24.8 Å². The first-order valence-corrected chi connectivity index (χ1v) is 5.16. The van der Waals surface area contributed by atoms with Crippen LogP contribution in [-0.4, -0.2) is 11.7 Å². The molecule has 1 aromatic rings.